The minimum atomic E-state index is -0.771. The maximum absolute atomic E-state index is 12.7. The number of unbranched alkanes of at least 4 members (excludes halogenated alkanes) is 7. The first kappa shape index (κ1) is 46.0. The van der Waals surface area contributed by atoms with Gasteiger partial charge in [0.25, 0.3) is 5.91 Å². The van der Waals surface area contributed by atoms with Crippen molar-refractivity contribution in [3.05, 3.63) is 12.2 Å². The Hall–Kier alpha value is -3.03. The normalized spacial score (nSPS) is 13.1. The Morgan fingerprint density at radius 1 is 0.714 bits per heavy atom. The predicted molar refractivity (Wildman–Crippen MR) is 189 cm³/mol. The van der Waals surface area contributed by atoms with Gasteiger partial charge < -0.3 is 38.9 Å². The summed E-state index contributed by atoms with van der Waals surface area (Å²) in [6.07, 6.45) is 12.9. The number of quaternary nitrogens is 2. The molecule has 3 N–H and O–H groups in total. The molecule has 0 aliphatic rings. The van der Waals surface area contributed by atoms with Gasteiger partial charge in [-0.1, -0.05) is 51.2 Å². The number of carbonyl (C=O) groups is 5. The van der Waals surface area contributed by atoms with Crippen molar-refractivity contribution in [1.82, 2.24) is 10.6 Å². The van der Waals surface area contributed by atoms with Crippen LogP contribution in [0.4, 0.5) is 0 Å². The summed E-state index contributed by atoms with van der Waals surface area (Å²) in [6, 6.07) is 0. The minimum absolute atomic E-state index is 0.0195. The molecular formula is C36H68N4O9+2. The highest BCUT2D eigenvalue weighted by Gasteiger charge is 2.27. The fourth-order valence-electron chi connectivity index (χ4n) is 5.03. The molecule has 0 aromatic rings. The topological polar surface area (TPSA) is 157 Å². The molecule has 0 radical (unpaired) electrons. The molecule has 0 saturated heterocycles. The molecule has 0 saturated carbocycles. The number of ether oxygens (including phenoxy) is 3. The second-order valence-electron chi connectivity index (χ2n) is 14.1. The number of nitrogens with zero attached hydrogens (tertiary/aromatic N) is 2. The van der Waals surface area contributed by atoms with Crippen LogP contribution < -0.4 is 10.6 Å². The number of carbonyl (C=O) groups excluding carboxylic acids is 5. The van der Waals surface area contributed by atoms with Crippen LogP contribution in [0.15, 0.2) is 12.2 Å². The minimum Gasteiger partial charge on any atom is -0.460 e. The Kier molecular flexibility index (Phi) is 25.1. The molecule has 0 fully saturated rings. The molecule has 284 valence electrons. The summed E-state index contributed by atoms with van der Waals surface area (Å²) in [5.74, 6) is -1.20. The Morgan fingerprint density at radius 3 is 1.86 bits per heavy atom. The van der Waals surface area contributed by atoms with Gasteiger partial charge in [0.05, 0.1) is 34.3 Å². The SMILES string of the molecule is CCCCCC(OC(=O)C[N+](C)(C)CCOC(C)=O)C(O)C/C=C/CCCCCCCC(=O)NCCNC(=O)C[N+](C)(C)CCOC(C)=O. The van der Waals surface area contributed by atoms with Crippen molar-refractivity contribution in [2.75, 3.05) is 80.7 Å². The zero-order valence-electron chi connectivity index (χ0n) is 31.6. The third-order valence-corrected chi connectivity index (χ3v) is 8.03. The fraction of sp³-hybridized carbons (Fsp3) is 0.806. The fourth-order valence-corrected chi connectivity index (χ4v) is 5.03. The summed E-state index contributed by atoms with van der Waals surface area (Å²) in [4.78, 5) is 58.9. The number of likely N-dealkylation sites (N-methyl/N-ethyl adjacent to an activating group) is 2. The molecule has 0 aliphatic carbocycles. The average molecular weight is 701 g/mol. The summed E-state index contributed by atoms with van der Waals surface area (Å²) in [5, 5.41) is 16.5. The van der Waals surface area contributed by atoms with E-state index in [4.69, 9.17) is 14.2 Å². The number of esters is 3. The van der Waals surface area contributed by atoms with Crippen LogP contribution in [0.25, 0.3) is 0 Å². The predicted octanol–water partition coefficient (Wildman–Crippen LogP) is 3.03. The number of nitrogens with one attached hydrogen (secondary N) is 2. The quantitative estimate of drug-likeness (QED) is 0.0351. The van der Waals surface area contributed by atoms with E-state index < -0.39 is 12.2 Å². The maximum Gasteiger partial charge on any atom is 0.362 e. The Morgan fingerprint density at radius 2 is 1.27 bits per heavy atom. The second-order valence-corrected chi connectivity index (χ2v) is 14.1. The third kappa shape index (κ3) is 28.5. The number of rotatable bonds is 29. The van der Waals surface area contributed by atoms with Crippen LogP contribution in [0.3, 0.4) is 0 Å². The molecular weight excluding hydrogens is 632 g/mol. The summed E-state index contributed by atoms with van der Waals surface area (Å²) in [5.41, 5.74) is 0. The van der Waals surface area contributed by atoms with Crippen LogP contribution in [-0.2, 0) is 38.2 Å². The highest BCUT2D eigenvalue weighted by Crippen LogP contribution is 2.16. The highest BCUT2D eigenvalue weighted by molar-refractivity contribution is 5.77. The smallest absolute Gasteiger partial charge is 0.362 e. The van der Waals surface area contributed by atoms with Gasteiger partial charge >= 0.3 is 17.9 Å². The first-order valence-corrected chi connectivity index (χ1v) is 18.0. The van der Waals surface area contributed by atoms with Crippen molar-refractivity contribution in [2.24, 2.45) is 0 Å². The Balaban J connectivity index is 4.16. The van der Waals surface area contributed by atoms with Gasteiger partial charge in [0.1, 0.15) is 32.4 Å². The number of hydrogen-bond donors (Lipinski definition) is 3. The van der Waals surface area contributed by atoms with Crippen LogP contribution in [0, 0.1) is 0 Å². The second kappa shape index (κ2) is 26.8. The van der Waals surface area contributed by atoms with E-state index in [-0.39, 0.29) is 56.0 Å². The van der Waals surface area contributed by atoms with Gasteiger partial charge in [0, 0.05) is 33.4 Å². The van der Waals surface area contributed by atoms with Crippen molar-refractivity contribution in [3.63, 3.8) is 0 Å². The van der Waals surface area contributed by atoms with E-state index in [1.807, 2.05) is 34.3 Å². The average Bonchev–Trinajstić information content (AvgIpc) is 2.98. The van der Waals surface area contributed by atoms with Crippen molar-refractivity contribution in [2.45, 2.75) is 110 Å². The van der Waals surface area contributed by atoms with Gasteiger partial charge in [-0.15, -0.1) is 0 Å². The molecule has 0 spiro atoms. The van der Waals surface area contributed by atoms with Crippen LogP contribution in [0.5, 0.6) is 0 Å². The molecule has 2 amide bonds. The molecule has 0 aliphatic heterocycles. The summed E-state index contributed by atoms with van der Waals surface area (Å²) in [7, 11) is 7.54. The van der Waals surface area contributed by atoms with E-state index >= 15 is 0 Å². The first-order chi connectivity index (χ1) is 23.1. The zero-order chi connectivity index (χ0) is 37.1. The van der Waals surface area contributed by atoms with E-state index in [0.717, 1.165) is 57.8 Å². The lowest BCUT2D eigenvalue weighted by atomic mass is 10.0. The van der Waals surface area contributed by atoms with E-state index in [2.05, 4.69) is 23.6 Å². The Bertz CT molecular complexity index is 1000. The molecule has 49 heavy (non-hydrogen) atoms. The highest BCUT2D eigenvalue weighted by atomic mass is 16.6. The molecule has 0 aromatic carbocycles. The van der Waals surface area contributed by atoms with Gasteiger partial charge in [-0.2, -0.15) is 0 Å². The molecule has 0 heterocycles. The molecule has 0 rings (SSSR count). The van der Waals surface area contributed by atoms with Crippen molar-refractivity contribution in [3.8, 4) is 0 Å². The van der Waals surface area contributed by atoms with Gasteiger partial charge in [-0.3, -0.25) is 19.2 Å². The molecule has 13 nitrogen and oxygen atoms in total. The van der Waals surface area contributed by atoms with Crippen LogP contribution >= 0.6 is 0 Å². The van der Waals surface area contributed by atoms with E-state index in [1.54, 1.807) is 0 Å². The molecule has 2 atom stereocenters. The standard InChI is InChI=1S/C36H66N4O9/c1-8-9-16-20-33(49-36(46)29-40(6,7)25-27-48-31(3)42)32(43)19-17-14-12-10-11-13-15-18-21-34(44)37-22-23-38-35(45)28-39(4,5)24-26-47-30(2)41/h14,17,32-33,43H,8-13,15-16,18-29H2,1-7H3/p+2/b17-14+. The van der Waals surface area contributed by atoms with Crippen LogP contribution in [0.2, 0.25) is 0 Å². The van der Waals surface area contributed by atoms with Gasteiger partial charge in [0.15, 0.2) is 13.1 Å². The van der Waals surface area contributed by atoms with Gasteiger partial charge in [0.2, 0.25) is 5.91 Å². The third-order valence-electron chi connectivity index (χ3n) is 8.03. The number of aliphatic hydroxyl groups is 1. The van der Waals surface area contributed by atoms with E-state index in [1.165, 1.54) is 13.8 Å². The van der Waals surface area contributed by atoms with Gasteiger partial charge in [-0.05, 0) is 38.5 Å². The maximum atomic E-state index is 12.7. The van der Waals surface area contributed by atoms with Crippen molar-refractivity contribution < 1.29 is 52.3 Å². The van der Waals surface area contributed by atoms with E-state index in [9.17, 15) is 29.1 Å². The number of hydrogen-bond acceptors (Lipinski definition) is 9. The summed E-state index contributed by atoms with van der Waals surface area (Å²) >= 11 is 0. The lowest BCUT2D eigenvalue weighted by Crippen LogP contribution is -2.50. The number of amides is 2. The largest absolute Gasteiger partial charge is 0.460 e. The van der Waals surface area contributed by atoms with Crippen molar-refractivity contribution >= 4 is 29.7 Å². The van der Waals surface area contributed by atoms with Crippen LogP contribution in [0.1, 0.15) is 97.8 Å². The number of allylic oxidation sites excluding steroid dienone is 1. The monoisotopic (exact) mass is 700 g/mol. The van der Waals surface area contributed by atoms with Gasteiger partial charge in [-0.25, -0.2) is 4.79 Å². The van der Waals surface area contributed by atoms with Crippen molar-refractivity contribution in [1.29, 1.82) is 0 Å². The Labute approximate surface area is 295 Å². The summed E-state index contributed by atoms with van der Waals surface area (Å²) < 4.78 is 16.4. The summed E-state index contributed by atoms with van der Waals surface area (Å²) in [6.45, 7) is 7.45. The molecule has 13 heteroatoms. The van der Waals surface area contributed by atoms with Crippen LogP contribution in [-0.4, -0.2) is 137 Å². The lowest BCUT2D eigenvalue weighted by molar-refractivity contribution is -0.883. The van der Waals surface area contributed by atoms with E-state index in [0.29, 0.717) is 54.4 Å². The zero-order valence-corrected chi connectivity index (χ0v) is 31.6. The molecule has 0 aromatic heterocycles. The lowest BCUT2D eigenvalue weighted by Gasteiger charge is -2.30. The first-order valence-electron chi connectivity index (χ1n) is 18.0. The molecule has 2 unspecified atom stereocenters. The molecule has 0 bridgehead atoms. The number of aliphatic hydroxyl groups excluding tert-OH is 1.